The molecule has 4 rings (SSSR count). The highest BCUT2D eigenvalue weighted by Crippen LogP contribution is 2.12. The number of hydrogen-bond donors (Lipinski definition) is 1. The predicted molar refractivity (Wildman–Crippen MR) is 160 cm³/mol. The van der Waals surface area contributed by atoms with Crippen molar-refractivity contribution in [1.29, 1.82) is 0 Å². The van der Waals surface area contributed by atoms with Crippen LogP contribution in [0.1, 0.15) is 53.5 Å². The van der Waals surface area contributed by atoms with Crippen LogP contribution in [0.2, 0.25) is 0 Å². The Morgan fingerprint density at radius 2 is 0.786 bits per heavy atom. The first-order valence-electron chi connectivity index (χ1n) is 13.5. The van der Waals surface area contributed by atoms with Crippen molar-refractivity contribution in [1.82, 2.24) is 59.8 Å². The van der Waals surface area contributed by atoms with Crippen LogP contribution in [0.25, 0.3) is 0 Å². The first kappa shape index (κ1) is 31.8. The normalized spacial score (nSPS) is 10.5. The molecule has 4 aromatic heterocycles. The van der Waals surface area contributed by atoms with Crippen molar-refractivity contribution in [3.8, 4) is 0 Å². The van der Waals surface area contributed by atoms with Gasteiger partial charge in [-0.1, -0.05) is 0 Å². The molecule has 0 aromatic carbocycles. The van der Waals surface area contributed by atoms with Gasteiger partial charge in [0.2, 0.25) is 23.8 Å². The molecule has 0 aliphatic heterocycles. The Labute approximate surface area is 246 Å². The van der Waals surface area contributed by atoms with Crippen LogP contribution in [0.3, 0.4) is 0 Å². The van der Waals surface area contributed by atoms with Gasteiger partial charge in [-0.05, 0) is 62.3 Å². The lowest BCUT2D eigenvalue weighted by molar-refractivity contribution is 0.727. The van der Waals surface area contributed by atoms with Gasteiger partial charge in [-0.3, -0.25) is 0 Å². The molecule has 0 radical (unpaired) electrons. The van der Waals surface area contributed by atoms with Crippen LogP contribution in [-0.2, 0) is 0 Å². The van der Waals surface area contributed by atoms with Gasteiger partial charge in [0.25, 0.3) is 0 Å². The quantitative estimate of drug-likeness (QED) is 0.286. The third kappa shape index (κ3) is 9.42. The van der Waals surface area contributed by atoms with Crippen LogP contribution < -0.4 is 20.0 Å². The van der Waals surface area contributed by atoms with E-state index in [-0.39, 0.29) is 0 Å². The second-order valence-electron chi connectivity index (χ2n) is 9.67. The molecule has 0 amide bonds. The van der Waals surface area contributed by atoms with Crippen molar-refractivity contribution in [3.63, 3.8) is 0 Å². The minimum absolute atomic E-state index is 0.492. The molecule has 0 bridgehead atoms. The average Bonchev–Trinajstić information content (AvgIpc) is 2.88. The summed E-state index contributed by atoms with van der Waals surface area (Å²) in [5.74, 6) is 8.11. The highest BCUT2D eigenvalue weighted by molar-refractivity contribution is 5.36. The fourth-order valence-corrected chi connectivity index (χ4v) is 3.86. The summed E-state index contributed by atoms with van der Waals surface area (Å²) in [5.41, 5.74) is 0. The van der Waals surface area contributed by atoms with Gasteiger partial charge in [-0.15, -0.1) is 0 Å². The molecule has 4 heterocycles. The SMILES string of the molecule is CCN(CN(C)c1nc(C)nc(C)n1)c1nc(C)nc(C)n1.Cc1nc(C)nc(NCN(C)c2nc(C)nc(C)n2)n1. The Morgan fingerprint density at radius 3 is 1.17 bits per heavy atom. The Hall–Kier alpha value is -4.76. The summed E-state index contributed by atoms with van der Waals surface area (Å²) in [4.78, 5) is 57.2. The number of aryl methyl sites for hydroxylation is 8. The van der Waals surface area contributed by atoms with E-state index < -0.39 is 0 Å². The Bertz CT molecular complexity index is 1410. The molecule has 224 valence electrons. The minimum atomic E-state index is 0.492. The Balaban J connectivity index is 0.000000231. The minimum Gasteiger partial charge on any atom is -0.336 e. The van der Waals surface area contributed by atoms with Gasteiger partial charge in [0, 0.05) is 20.6 Å². The van der Waals surface area contributed by atoms with E-state index >= 15 is 0 Å². The summed E-state index contributed by atoms with van der Waals surface area (Å²) in [6, 6.07) is 0. The number of rotatable bonds is 9. The van der Waals surface area contributed by atoms with Crippen molar-refractivity contribution in [2.45, 2.75) is 62.3 Å². The van der Waals surface area contributed by atoms with Crippen LogP contribution >= 0.6 is 0 Å². The van der Waals surface area contributed by atoms with Crippen molar-refractivity contribution in [2.75, 3.05) is 54.0 Å². The maximum Gasteiger partial charge on any atom is 0.230 e. The van der Waals surface area contributed by atoms with Crippen molar-refractivity contribution >= 4 is 23.8 Å². The summed E-state index contributed by atoms with van der Waals surface area (Å²) in [5, 5.41) is 3.13. The second-order valence-corrected chi connectivity index (χ2v) is 9.67. The van der Waals surface area contributed by atoms with Crippen molar-refractivity contribution in [3.05, 3.63) is 46.6 Å². The Morgan fingerprint density at radius 1 is 0.452 bits per heavy atom. The maximum atomic E-state index is 4.41. The van der Waals surface area contributed by atoms with Gasteiger partial charge in [0.15, 0.2) is 0 Å². The fraction of sp³-hybridized carbons (Fsp3) is 0.538. The van der Waals surface area contributed by atoms with Gasteiger partial charge >= 0.3 is 0 Å². The zero-order valence-corrected chi connectivity index (χ0v) is 26.3. The summed E-state index contributed by atoms with van der Waals surface area (Å²) in [6.07, 6.45) is 0. The number of nitrogens with zero attached hydrogens (tertiary/aromatic N) is 15. The molecule has 0 fully saturated rings. The lowest BCUT2D eigenvalue weighted by Gasteiger charge is -2.27. The molecule has 16 heteroatoms. The topological polar surface area (TPSA) is 176 Å². The number of hydrogen-bond acceptors (Lipinski definition) is 16. The molecule has 0 aliphatic carbocycles. The van der Waals surface area contributed by atoms with E-state index in [9.17, 15) is 0 Å². The predicted octanol–water partition coefficient (Wildman–Crippen LogP) is 2.01. The average molecular weight is 577 g/mol. The monoisotopic (exact) mass is 576 g/mol. The summed E-state index contributed by atoms with van der Waals surface area (Å²) in [7, 11) is 3.83. The van der Waals surface area contributed by atoms with Crippen LogP contribution in [0, 0.1) is 55.4 Å². The number of anilines is 4. The zero-order chi connectivity index (χ0) is 31.0. The molecular formula is C26H40N16. The van der Waals surface area contributed by atoms with E-state index in [1.807, 2.05) is 79.3 Å². The molecule has 16 nitrogen and oxygen atoms in total. The van der Waals surface area contributed by atoms with Gasteiger partial charge in [-0.2, -0.15) is 39.9 Å². The first-order chi connectivity index (χ1) is 19.8. The van der Waals surface area contributed by atoms with E-state index in [0.717, 1.165) is 18.2 Å². The second kappa shape index (κ2) is 14.2. The lowest BCUT2D eigenvalue weighted by atomic mass is 10.5. The molecule has 0 spiro atoms. The molecule has 0 atom stereocenters. The molecule has 0 unspecified atom stereocenters. The van der Waals surface area contributed by atoms with Crippen LogP contribution in [0.4, 0.5) is 23.8 Å². The molecule has 0 saturated heterocycles. The molecule has 0 saturated carbocycles. The van der Waals surface area contributed by atoms with Crippen LogP contribution in [0.5, 0.6) is 0 Å². The summed E-state index contributed by atoms with van der Waals surface area (Å²) >= 11 is 0. The van der Waals surface area contributed by atoms with Gasteiger partial charge in [0.05, 0.1) is 13.3 Å². The third-order valence-corrected chi connectivity index (χ3v) is 5.61. The molecule has 0 aliphatic rings. The molecule has 42 heavy (non-hydrogen) atoms. The van der Waals surface area contributed by atoms with Crippen molar-refractivity contribution < 1.29 is 0 Å². The summed E-state index contributed by atoms with van der Waals surface area (Å²) in [6.45, 7) is 18.7. The highest BCUT2D eigenvalue weighted by atomic mass is 15.4. The lowest BCUT2D eigenvalue weighted by Crippen LogP contribution is -2.38. The summed E-state index contributed by atoms with van der Waals surface area (Å²) < 4.78 is 0. The molecule has 4 aromatic rings. The van der Waals surface area contributed by atoms with E-state index in [2.05, 4.69) is 76.9 Å². The van der Waals surface area contributed by atoms with Gasteiger partial charge in [0.1, 0.15) is 46.6 Å². The van der Waals surface area contributed by atoms with E-state index in [1.54, 1.807) is 0 Å². The molecular weight excluding hydrogens is 536 g/mol. The van der Waals surface area contributed by atoms with Crippen LogP contribution in [-0.4, -0.2) is 93.8 Å². The van der Waals surface area contributed by atoms with Crippen LogP contribution in [0.15, 0.2) is 0 Å². The Kier molecular flexibility index (Phi) is 10.8. The van der Waals surface area contributed by atoms with E-state index in [4.69, 9.17) is 0 Å². The largest absolute Gasteiger partial charge is 0.336 e. The standard InChI is InChI=1S/C14H22N8.C12H18N8/c1-7-22(14-19-11(4)16-12(5)20-14)8-21(6)13-17-9(2)15-10(3)18-13;1-7-14-8(2)17-11(16-7)13-6-20(5)12-18-9(3)15-10(4)19-12/h7-8H2,1-6H3;6H2,1-5H3,(H,13,14,16,17). The van der Waals surface area contributed by atoms with Crippen molar-refractivity contribution in [2.24, 2.45) is 0 Å². The number of aromatic nitrogens is 12. The van der Waals surface area contributed by atoms with E-state index in [0.29, 0.717) is 72.1 Å². The van der Waals surface area contributed by atoms with Gasteiger partial charge < -0.3 is 20.0 Å². The van der Waals surface area contributed by atoms with Gasteiger partial charge in [-0.25, -0.2) is 19.9 Å². The molecule has 1 N–H and O–H groups in total. The highest BCUT2D eigenvalue weighted by Gasteiger charge is 2.15. The smallest absolute Gasteiger partial charge is 0.230 e. The maximum absolute atomic E-state index is 4.41. The fourth-order valence-electron chi connectivity index (χ4n) is 3.86. The number of nitrogens with one attached hydrogen (secondary N) is 1. The third-order valence-electron chi connectivity index (χ3n) is 5.61. The first-order valence-corrected chi connectivity index (χ1v) is 13.5. The van der Waals surface area contributed by atoms with E-state index in [1.165, 1.54) is 0 Å². The zero-order valence-electron chi connectivity index (χ0n) is 26.3.